The fourth-order valence-corrected chi connectivity index (χ4v) is 3.99. The Hall–Kier alpha value is -3.41. The molecule has 1 amide bonds. The Morgan fingerprint density at radius 1 is 1.13 bits per heavy atom. The van der Waals surface area contributed by atoms with Crippen LogP contribution in [0.4, 0.5) is 0 Å². The third kappa shape index (κ3) is 4.68. The number of hydrogen-bond acceptors (Lipinski definition) is 5. The highest BCUT2D eigenvalue weighted by Gasteiger charge is 2.26. The van der Waals surface area contributed by atoms with E-state index in [1.165, 1.54) is 0 Å². The molecule has 1 aromatic heterocycles. The lowest BCUT2D eigenvalue weighted by Gasteiger charge is -2.24. The molecule has 0 fully saturated rings. The van der Waals surface area contributed by atoms with Gasteiger partial charge in [0.05, 0.1) is 18.2 Å². The highest BCUT2D eigenvalue weighted by Crippen LogP contribution is 2.32. The van der Waals surface area contributed by atoms with Crippen molar-refractivity contribution in [3.8, 4) is 5.75 Å². The Labute approximate surface area is 181 Å². The van der Waals surface area contributed by atoms with Crippen LogP contribution in [0.25, 0.3) is 10.9 Å². The number of carbonyl (C=O) groups is 2. The highest BCUT2D eigenvalue weighted by atomic mass is 16.5. The van der Waals surface area contributed by atoms with Crippen LogP contribution < -0.4 is 10.1 Å². The molecule has 6 heteroatoms. The van der Waals surface area contributed by atoms with Gasteiger partial charge in [0.25, 0.3) is 5.91 Å². The number of nitrogens with zero attached hydrogens (tertiary/aromatic N) is 1. The van der Waals surface area contributed by atoms with Crippen LogP contribution in [0.5, 0.6) is 5.75 Å². The number of esters is 1. The van der Waals surface area contributed by atoms with E-state index in [4.69, 9.17) is 14.5 Å². The Morgan fingerprint density at radius 2 is 1.90 bits per heavy atom. The van der Waals surface area contributed by atoms with Gasteiger partial charge in [0, 0.05) is 17.6 Å². The minimum Gasteiger partial charge on any atom is -0.497 e. The lowest BCUT2D eigenvalue weighted by Crippen LogP contribution is -2.29. The normalized spacial score (nSPS) is 15.2. The molecule has 0 aliphatic heterocycles. The van der Waals surface area contributed by atoms with Gasteiger partial charge in [0.1, 0.15) is 5.75 Å². The van der Waals surface area contributed by atoms with Gasteiger partial charge < -0.3 is 14.8 Å². The first kappa shape index (κ1) is 20.8. The van der Waals surface area contributed by atoms with Gasteiger partial charge in [0.2, 0.25) is 0 Å². The number of fused-ring (bicyclic) bond motifs is 2. The van der Waals surface area contributed by atoms with E-state index in [0.717, 1.165) is 52.7 Å². The third-order valence-electron chi connectivity index (χ3n) is 5.69. The van der Waals surface area contributed by atoms with Crippen LogP contribution in [0.1, 0.15) is 40.5 Å². The molecule has 1 N–H and O–H groups in total. The Kier molecular flexibility index (Phi) is 6.16. The maximum atomic E-state index is 13.0. The molecule has 0 spiro atoms. The van der Waals surface area contributed by atoms with E-state index in [0.29, 0.717) is 18.0 Å². The molecule has 0 saturated heterocycles. The van der Waals surface area contributed by atoms with Crippen LogP contribution in [0.2, 0.25) is 0 Å². The van der Waals surface area contributed by atoms with E-state index < -0.39 is 5.97 Å². The number of carbonyl (C=O) groups excluding carboxylic acids is 2. The number of ether oxygens (including phenoxy) is 2. The zero-order valence-electron chi connectivity index (χ0n) is 17.8. The van der Waals surface area contributed by atoms with Crippen LogP contribution in [0.3, 0.4) is 0 Å². The summed E-state index contributed by atoms with van der Waals surface area (Å²) in [6.07, 6.45) is 2.70. The van der Waals surface area contributed by atoms with Gasteiger partial charge in [-0.3, -0.25) is 9.78 Å². The molecule has 1 heterocycles. The number of pyridine rings is 1. The fourth-order valence-electron chi connectivity index (χ4n) is 3.99. The second-order valence-corrected chi connectivity index (χ2v) is 7.98. The van der Waals surface area contributed by atoms with Crippen LogP contribution in [-0.2, 0) is 28.9 Å². The highest BCUT2D eigenvalue weighted by molar-refractivity contribution is 6.05. The zero-order valence-corrected chi connectivity index (χ0v) is 17.8. The second kappa shape index (κ2) is 9.16. The maximum absolute atomic E-state index is 13.0. The van der Waals surface area contributed by atoms with E-state index in [9.17, 15) is 9.59 Å². The van der Waals surface area contributed by atoms with Crippen molar-refractivity contribution < 1.29 is 19.1 Å². The Morgan fingerprint density at radius 3 is 2.68 bits per heavy atom. The van der Waals surface area contributed by atoms with Gasteiger partial charge in [-0.05, 0) is 54.5 Å². The van der Waals surface area contributed by atoms with Gasteiger partial charge in [-0.2, -0.15) is 0 Å². The molecule has 160 valence electrons. The molecule has 1 aliphatic rings. The van der Waals surface area contributed by atoms with Gasteiger partial charge in [0.15, 0.2) is 6.61 Å². The van der Waals surface area contributed by atoms with E-state index in [1.807, 2.05) is 48.5 Å². The average Bonchev–Trinajstić information content (AvgIpc) is 2.80. The minimum absolute atomic E-state index is 0.323. The van der Waals surface area contributed by atoms with E-state index in [1.54, 1.807) is 7.11 Å². The third-order valence-corrected chi connectivity index (χ3v) is 5.69. The molecule has 0 bridgehead atoms. The van der Waals surface area contributed by atoms with E-state index >= 15 is 0 Å². The Bertz CT molecular complexity index is 1110. The second-order valence-electron chi connectivity index (χ2n) is 7.98. The number of methoxy groups -OCH3 is 1. The number of benzene rings is 2. The summed E-state index contributed by atoms with van der Waals surface area (Å²) in [5.41, 5.74) is 4.19. The molecule has 0 radical (unpaired) electrons. The van der Waals surface area contributed by atoms with Gasteiger partial charge >= 0.3 is 5.97 Å². The summed E-state index contributed by atoms with van der Waals surface area (Å²) in [5, 5.41) is 3.56. The van der Waals surface area contributed by atoms with Crippen molar-refractivity contribution in [3.05, 3.63) is 70.9 Å². The molecule has 31 heavy (non-hydrogen) atoms. The molecule has 2 aromatic carbocycles. The molecule has 1 atom stereocenters. The van der Waals surface area contributed by atoms with Crippen molar-refractivity contribution in [2.24, 2.45) is 5.92 Å². The first-order chi connectivity index (χ1) is 15.0. The van der Waals surface area contributed by atoms with Crippen molar-refractivity contribution in [3.63, 3.8) is 0 Å². The predicted octanol–water partition coefficient (Wildman–Crippen LogP) is 3.84. The molecule has 3 aromatic rings. The first-order valence-corrected chi connectivity index (χ1v) is 10.5. The van der Waals surface area contributed by atoms with Gasteiger partial charge in [-0.25, -0.2) is 4.79 Å². The van der Waals surface area contributed by atoms with Crippen molar-refractivity contribution in [2.75, 3.05) is 13.7 Å². The molecular formula is C25H26N2O4. The largest absolute Gasteiger partial charge is 0.497 e. The summed E-state index contributed by atoms with van der Waals surface area (Å²) in [4.78, 5) is 30.1. The number of hydrogen-bond donors (Lipinski definition) is 1. The SMILES string of the molecule is COc1ccc(CNC(=O)COC(=O)c2c3c(nc4ccccc24)CC[C@H](C)C3)cc1. The topological polar surface area (TPSA) is 77.5 Å². The monoisotopic (exact) mass is 418 g/mol. The molecule has 6 nitrogen and oxygen atoms in total. The van der Waals surface area contributed by atoms with E-state index in [-0.39, 0.29) is 12.5 Å². The van der Waals surface area contributed by atoms with Crippen LogP contribution in [-0.4, -0.2) is 30.6 Å². The summed E-state index contributed by atoms with van der Waals surface area (Å²) in [6, 6.07) is 15.0. The van der Waals surface area contributed by atoms with Crippen LogP contribution in [0, 0.1) is 5.92 Å². The number of aromatic nitrogens is 1. The van der Waals surface area contributed by atoms with Crippen molar-refractivity contribution in [1.29, 1.82) is 0 Å². The standard InChI is InChI=1S/C25H26N2O4/c1-16-7-12-22-20(13-16)24(19-5-3-4-6-21(19)27-22)25(29)31-15-23(28)26-14-17-8-10-18(30-2)11-9-17/h3-6,8-11,16H,7,12-15H2,1-2H3,(H,26,28)/t16-/m0/s1. The van der Waals surface area contributed by atoms with Gasteiger partial charge in [-0.15, -0.1) is 0 Å². The first-order valence-electron chi connectivity index (χ1n) is 10.5. The van der Waals surface area contributed by atoms with Gasteiger partial charge in [-0.1, -0.05) is 37.3 Å². The molecule has 4 rings (SSSR count). The summed E-state index contributed by atoms with van der Waals surface area (Å²) in [6.45, 7) is 2.21. The average molecular weight is 418 g/mol. The minimum atomic E-state index is -0.469. The summed E-state index contributed by atoms with van der Waals surface area (Å²) in [5.74, 6) is 0.425. The molecule has 1 aliphatic carbocycles. The lowest BCUT2D eigenvalue weighted by molar-refractivity contribution is -0.124. The zero-order chi connectivity index (χ0) is 21.8. The summed E-state index contributed by atoms with van der Waals surface area (Å²) in [7, 11) is 1.61. The number of aryl methyl sites for hydroxylation is 1. The molecule has 0 unspecified atom stereocenters. The number of amides is 1. The quantitative estimate of drug-likeness (QED) is 0.616. The summed E-state index contributed by atoms with van der Waals surface area (Å²) < 4.78 is 10.6. The van der Waals surface area contributed by atoms with Crippen molar-refractivity contribution >= 4 is 22.8 Å². The number of para-hydroxylation sites is 1. The van der Waals surface area contributed by atoms with E-state index in [2.05, 4.69) is 12.2 Å². The molecule has 0 saturated carbocycles. The Balaban J connectivity index is 1.45. The number of nitrogens with one attached hydrogen (secondary N) is 1. The number of rotatable bonds is 6. The predicted molar refractivity (Wildman–Crippen MR) is 118 cm³/mol. The van der Waals surface area contributed by atoms with Crippen LogP contribution >= 0.6 is 0 Å². The lowest BCUT2D eigenvalue weighted by atomic mass is 9.84. The smallest absolute Gasteiger partial charge is 0.339 e. The summed E-state index contributed by atoms with van der Waals surface area (Å²) >= 11 is 0. The van der Waals surface area contributed by atoms with Crippen molar-refractivity contribution in [1.82, 2.24) is 10.3 Å². The fraction of sp³-hybridized carbons (Fsp3) is 0.320. The maximum Gasteiger partial charge on any atom is 0.339 e. The van der Waals surface area contributed by atoms with Crippen LogP contribution in [0.15, 0.2) is 48.5 Å². The van der Waals surface area contributed by atoms with Crippen molar-refractivity contribution in [2.45, 2.75) is 32.7 Å². The molecular weight excluding hydrogens is 392 g/mol.